The first-order valence-corrected chi connectivity index (χ1v) is 7.76. The number of carbonyl (C=O) groups excluding carboxylic acids is 1. The molecule has 1 atom stereocenters. The number of rotatable bonds is 3. The summed E-state index contributed by atoms with van der Waals surface area (Å²) in [6, 6.07) is 5.03. The highest BCUT2D eigenvalue weighted by atomic mass is 32.1. The second kappa shape index (κ2) is 5.81. The number of nitrogens with zero attached hydrogens (tertiary/aromatic N) is 2. The summed E-state index contributed by atoms with van der Waals surface area (Å²) in [6.45, 7) is 2.34. The first kappa shape index (κ1) is 14.0. The highest BCUT2D eigenvalue weighted by Crippen LogP contribution is 2.31. The first-order chi connectivity index (χ1) is 10.1. The van der Waals surface area contributed by atoms with E-state index in [2.05, 4.69) is 17.2 Å². The zero-order valence-corrected chi connectivity index (χ0v) is 12.5. The van der Waals surface area contributed by atoms with E-state index in [0.717, 1.165) is 24.1 Å². The number of thiazole rings is 1. The maximum Gasteiger partial charge on any atom is 0.245 e. The van der Waals surface area contributed by atoms with Gasteiger partial charge in [0.15, 0.2) is 5.13 Å². The van der Waals surface area contributed by atoms with E-state index in [-0.39, 0.29) is 24.3 Å². The molecule has 2 heterocycles. The molecule has 1 amide bonds. The van der Waals surface area contributed by atoms with Gasteiger partial charge in [-0.05, 0) is 43.5 Å². The highest BCUT2D eigenvalue weighted by Gasteiger charge is 2.25. The van der Waals surface area contributed by atoms with Crippen molar-refractivity contribution < 1.29 is 9.18 Å². The summed E-state index contributed by atoms with van der Waals surface area (Å²) in [6.07, 6.45) is 3.42. The molecule has 0 aliphatic carbocycles. The molecule has 6 heteroatoms. The number of amides is 1. The lowest BCUT2D eigenvalue weighted by Gasteiger charge is -2.36. The van der Waals surface area contributed by atoms with Crippen LogP contribution >= 0.6 is 11.3 Å². The van der Waals surface area contributed by atoms with Gasteiger partial charge < -0.3 is 10.2 Å². The van der Waals surface area contributed by atoms with E-state index in [1.54, 1.807) is 18.3 Å². The zero-order valence-electron chi connectivity index (χ0n) is 11.7. The molecule has 21 heavy (non-hydrogen) atoms. The van der Waals surface area contributed by atoms with Crippen LogP contribution in [0.5, 0.6) is 0 Å². The van der Waals surface area contributed by atoms with Crippen LogP contribution in [0.25, 0.3) is 0 Å². The van der Waals surface area contributed by atoms with Crippen molar-refractivity contribution in [1.29, 1.82) is 0 Å². The Morgan fingerprint density at radius 1 is 1.57 bits per heavy atom. The average molecular weight is 305 g/mol. The van der Waals surface area contributed by atoms with Crippen LogP contribution in [0.15, 0.2) is 29.8 Å². The third kappa shape index (κ3) is 3.05. The number of hydrogen-bond donors (Lipinski definition) is 1. The van der Waals surface area contributed by atoms with Crippen molar-refractivity contribution >= 4 is 28.1 Å². The Labute approximate surface area is 126 Å². The van der Waals surface area contributed by atoms with Gasteiger partial charge >= 0.3 is 0 Å². The van der Waals surface area contributed by atoms with Crippen molar-refractivity contribution in [2.45, 2.75) is 25.8 Å². The van der Waals surface area contributed by atoms with E-state index < -0.39 is 0 Å². The average Bonchev–Trinajstić information content (AvgIpc) is 2.95. The lowest BCUT2D eigenvalue weighted by atomic mass is 9.96. The van der Waals surface area contributed by atoms with Gasteiger partial charge in [-0.15, -0.1) is 11.3 Å². The van der Waals surface area contributed by atoms with Crippen molar-refractivity contribution in [3.8, 4) is 0 Å². The fraction of sp³-hybridized carbons (Fsp3) is 0.333. The van der Waals surface area contributed by atoms with Crippen LogP contribution in [0.4, 0.5) is 15.2 Å². The molecule has 1 aliphatic rings. The van der Waals surface area contributed by atoms with Gasteiger partial charge in [0, 0.05) is 23.3 Å². The van der Waals surface area contributed by atoms with E-state index in [9.17, 15) is 9.18 Å². The summed E-state index contributed by atoms with van der Waals surface area (Å²) in [4.78, 5) is 18.2. The molecule has 0 saturated carbocycles. The lowest BCUT2D eigenvalue weighted by Crippen LogP contribution is -2.42. The molecule has 0 bridgehead atoms. The molecule has 4 nitrogen and oxygen atoms in total. The molecule has 0 spiro atoms. The normalized spacial score (nSPS) is 17.4. The van der Waals surface area contributed by atoms with E-state index in [4.69, 9.17) is 0 Å². The Kier molecular flexibility index (Phi) is 3.88. The number of fused-ring (bicyclic) bond motifs is 1. The Balaban J connectivity index is 1.77. The van der Waals surface area contributed by atoms with Gasteiger partial charge in [-0.25, -0.2) is 9.37 Å². The summed E-state index contributed by atoms with van der Waals surface area (Å²) >= 11 is 1.39. The molecular weight excluding hydrogens is 289 g/mol. The van der Waals surface area contributed by atoms with Crippen LogP contribution in [-0.2, 0) is 11.2 Å². The highest BCUT2D eigenvalue weighted by molar-refractivity contribution is 7.13. The second-order valence-corrected chi connectivity index (χ2v) is 6.07. The molecule has 2 aromatic rings. The zero-order chi connectivity index (χ0) is 14.8. The van der Waals surface area contributed by atoms with Gasteiger partial charge in [-0.2, -0.15) is 0 Å². The minimum Gasteiger partial charge on any atom is -0.359 e. The van der Waals surface area contributed by atoms with Gasteiger partial charge in [-0.3, -0.25) is 4.79 Å². The van der Waals surface area contributed by atoms with E-state index >= 15 is 0 Å². The van der Waals surface area contributed by atoms with Crippen LogP contribution in [-0.4, -0.2) is 23.5 Å². The molecule has 1 aromatic heterocycles. The molecule has 110 valence electrons. The molecule has 0 saturated heterocycles. The largest absolute Gasteiger partial charge is 0.359 e. The summed E-state index contributed by atoms with van der Waals surface area (Å²) < 4.78 is 13.3. The third-order valence-corrected chi connectivity index (χ3v) is 4.40. The second-order valence-electron chi connectivity index (χ2n) is 5.17. The van der Waals surface area contributed by atoms with Crippen LogP contribution in [0.1, 0.15) is 18.9 Å². The Bertz CT molecular complexity index is 644. The molecule has 3 rings (SSSR count). The van der Waals surface area contributed by atoms with Crippen molar-refractivity contribution in [2.24, 2.45) is 0 Å². The fourth-order valence-corrected chi connectivity index (χ4v) is 3.18. The number of aromatic nitrogens is 1. The molecule has 0 radical (unpaired) electrons. The van der Waals surface area contributed by atoms with Crippen LogP contribution in [0, 0.1) is 5.82 Å². The first-order valence-electron chi connectivity index (χ1n) is 6.88. The summed E-state index contributed by atoms with van der Waals surface area (Å²) in [7, 11) is 0. The number of carbonyl (C=O) groups is 1. The molecule has 1 aromatic carbocycles. The molecule has 0 fully saturated rings. The van der Waals surface area contributed by atoms with Gasteiger partial charge in [-0.1, -0.05) is 0 Å². The monoisotopic (exact) mass is 305 g/mol. The smallest absolute Gasteiger partial charge is 0.245 e. The Morgan fingerprint density at radius 3 is 3.19 bits per heavy atom. The molecule has 1 N–H and O–H groups in total. The maximum atomic E-state index is 13.3. The van der Waals surface area contributed by atoms with Crippen LogP contribution < -0.4 is 10.2 Å². The fourth-order valence-electron chi connectivity index (χ4n) is 2.63. The van der Waals surface area contributed by atoms with E-state index in [0.29, 0.717) is 5.13 Å². The molecule has 1 aliphatic heterocycles. The summed E-state index contributed by atoms with van der Waals surface area (Å²) in [5.74, 6) is -0.329. The van der Waals surface area contributed by atoms with Gasteiger partial charge in [0.05, 0.1) is 6.54 Å². The minimum absolute atomic E-state index is 0.103. The quantitative estimate of drug-likeness (QED) is 0.948. The lowest BCUT2D eigenvalue weighted by molar-refractivity contribution is -0.115. The predicted molar refractivity (Wildman–Crippen MR) is 82.3 cm³/mol. The van der Waals surface area contributed by atoms with Crippen molar-refractivity contribution in [3.63, 3.8) is 0 Å². The predicted octanol–water partition coefficient (Wildman–Crippen LogP) is 3.06. The SMILES string of the molecule is CC1CCc2cc(F)ccc2N1CC(=O)Nc1nccs1. The number of hydrogen-bond acceptors (Lipinski definition) is 4. The Morgan fingerprint density at radius 2 is 2.43 bits per heavy atom. The van der Waals surface area contributed by atoms with Crippen molar-refractivity contribution in [1.82, 2.24) is 4.98 Å². The van der Waals surface area contributed by atoms with Gasteiger partial charge in [0.2, 0.25) is 5.91 Å². The summed E-state index contributed by atoms with van der Waals surface area (Å²) in [5.41, 5.74) is 1.92. The standard InChI is InChI=1S/C15H16FN3OS/c1-10-2-3-11-8-12(16)4-5-13(11)19(10)9-14(20)18-15-17-6-7-21-15/h4-8,10H,2-3,9H2,1H3,(H,17,18,20). The van der Waals surface area contributed by atoms with Crippen molar-refractivity contribution in [2.75, 3.05) is 16.8 Å². The summed E-state index contributed by atoms with van der Waals surface area (Å²) in [5, 5.41) is 5.20. The number of anilines is 2. The van der Waals surface area contributed by atoms with Crippen LogP contribution in [0.2, 0.25) is 0 Å². The van der Waals surface area contributed by atoms with E-state index in [1.807, 2.05) is 10.3 Å². The molecular formula is C15H16FN3OS. The van der Waals surface area contributed by atoms with E-state index in [1.165, 1.54) is 17.4 Å². The molecule has 1 unspecified atom stereocenters. The number of halogens is 1. The third-order valence-electron chi connectivity index (χ3n) is 3.71. The Hall–Kier alpha value is -1.95. The van der Waals surface area contributed by atoms with Crippen LogP contribution in [0.3, 0.4) is 0 Å². The number of benzene rings is 1. The van der Waals surface area contributed by atoms with Gasteiger partial charge in [0.1, 0.15) is 5.82 Å². The van der Waals surface area contributed by atoms with Gasteiger partial charge in [0.25, 0.3) is 0 Å². The number of aryl methyl sites for hydroxylation is 1. The minimum atomic E-state index is -0.226. The van der Waals surface area contributed by atoms with Crippen molar-refractivity contribution in [3.05, 3.63) is 41.2 Å². The topological polar surface area (TPSA) is 45.2 Å². The number of nitrogens with one attached hydrogen (secondary N) is 1. The maximum absolute atomic E-state index is 13.3.